The Hall–Kier alpha value is -0.770. The minimum absolute atomic E-state index is 0.337. The molecule has 0 atom stereocenters. The van der Waals surface area contributed by atoms with Gasteiger partial charge >= 0.3 is 0 Å². The van der Waals surface area contributed by atoms with Crippen molar-refractivity contribution in [2.45, 2.75) is 31.9 Å². The normalized spacial score (nSPS) is 16.1. The summed E-state index contributed by atoms with van der Waals surface area (Å²) >= 11 is 6.06. The SMILES string of the molecule is ONCc1ccc(OC2CCC2)c(Cl)c1. The summed E-state index contributed by atoms with van der Waals surface area (Å²) < 4.78 is 5.70. The molecule has 3 nitrogen and oxygen atoms in total. The van der Waals surface area contributed by atoms with E-state index in [1.54, 1.807) is 6.07 Å². The van der Waals surface area contributed by atoms with Crippen LogP contribution in [-0.2, 0) is 6.54 Å². The van der Waals surface area contributed by atoms with E-state index < -0.39 is 0 Å². The number of halogens is 1. The average Bonchev–Trinajstić information content (AvgIpc) is 2.14. The molecule has 4 heteroatoms. The van der Waals surface area contributed by atoms with E-state index in [0.717, 1.165) is 24.2 Å². The number of hydrogen-bond donors (Lipinski definition) is 2. The smallest absolute Gasteiger partial charge is 0.138 e. The lowest BCUT2D eigenvalue weighted by atomic mass is 9.96. The van der Waals surface area contributed by atoms with Crippen LogP contribution < -0.4 is 10.2 Å². The lowest BCUT2D eigenvalue weighted by Gasteiger charge is -2.26. The van der Waals surface area contributed by atoms with Crippen molar-refractivity contribution in [3.05, 3.63) is 28.8 Å². The van der Waals surface area contributed by atoms with Crippen molar-refractivity contribution in [3.63, 3.8) is 0 Å². The highest BCUT2D eigenvalue weighted by Gasteiger charge is 2.19. The number of ether oxygens (including phenoxy) is 1. The number of hydrogen-bond acceptors (Lipinski definition) is 3. The minimum Gasteiger partial charge on any atom is -0.489 e. The average molecular weight is 228 g/mol. The first kappa shape index (κ1) is 10.7. The summed E-state index contributed by atoms with van der Waals surface area (Å²) in [6.45, 7) is 0.392. The number of hydroxylamine groups is 1. The molecule has 1 aromatic carbocycles. The van der Waals surface area contributed by atoms with Crippen molar-refractivity contribution in [1.29, 1.82) is 0 Å². The van der Waals surface area contributed by atoms with Gasteiger partial charge in [-0.3, -0.25) is 0 Å². The van der Waals surface area contributed by atoms with Crippen LogP contribution in [0.5, 0.6) is 5.75 Å². The van der Waals surface area contributed by atoms with Gasteiger partial charge in [0, 0.05) is 6.54 Å². The Bertz CT molecular complexity index is 339. The molecule has 82 valence electrons. The highest BCUT2D eigenvalue weighted by atomic mass is 35.5. The van der Waals surface area contributed by atoms with Crippen LogP contribution in [0, 0.1) is 0 Å². The molecule has 0 aliphatic heterocycles. The highest BCUT2D eigenvalue weighted by molar-refractivity contribution is 6.32. The van der Waals surface area contributed by atoms with Crippen LogP contribution in [0.2, 0.25) is 5.02 Å². The molecular formula is C11H14ClNO2. The fourth-order valence-electron chi connectivity index (χ4n) is 1.51. The minimum atomic E-state index is 0.337. The van der Waals surface area contributed by atoms with E-state index in [9.17, 15) is 0 Å². The molecule has 1 aliphatic rings. The maximum absolute atomic E-state index is 8.55. The van der Waals surface area contributed by atoms with E-state index in [-0.39, 0.29) is 0 Å². The molecule has 1 aliphatic carbocycles. The maximum Gasteiger partial charge on any atom is 0.138 e. The molecule has 2 rings (SSSR count). The van der Waals surface area contributed by atoms with E-state index >= 15 is 0 Å². The van der Waals surface area contributed by atoms with E-state index in [1.165, 1.54) is 6.42 Å². The van der Waals surface area contributed by atoms with Gasteiger partial charge in [-0.1, -0.05) is 17.7 Å². The Balaban J connectivity index is 2.04. The quantitative estimate of drug-likeness (QED) is 0.778. The summed E-state index contributed by atoms with van der Waals surface area (Å²) in [4.78, 5) is 0. The monoisotopic (exact) mass is 227 g/mol. The molecule has 0 saturated heterocycles. The van der Waals surface area contributed by atoms with Gasteiger partial charge in [0.25, 0.3) is 0 Å². The Morgan fingerprint density at radius 3 is 2.80 bits per heavy atom. The second kappa shape index (κ2) is 4.84. The molecule has 15 heavy (non-hydrogen) atoms. The van der Waals surface area contributed by atoms with Crippen LogP contribution in [0.4, 0.5) is 0 Å². The van der Waals surface area contributed by atoms with Gasteiger partial charge in [-0.2, -0.15) is 0 Å². The highest BCUT2D eigenvalue weighted by Crippen LogP contribution is 2.31. The Labute approximate surface area is 94.0 Å². The van der Waals surface area contributed by atoms with Crippen molar-refractivity contribution < 1.29 is 9.94 Å². The fourth-order valence-corrected chi connectivity index (χ4v) is 1.76. The van der Waals surface area contributed by atoms with E-state index in [1.807, 2.05) is 12.1 Å². The lowest BCUT2D eigenvalue weighted by Crippen LogP contribution is -2.24. The van der Waals surface area contributed by atoms with Crippen LogP contribution >= 0.6 is 11.6 Å². The van der Waals surface area contributed by atoms with Crippen molar-refractivity contribution in [1.82, 2.24) is 5.48 Å². The molecule has 0 unspecified atom stereocenters. The molecule has 0 aromatic heterocycles. The van der Waals surface area contributed by atoms with Crippen molar-refractivity contribution in [3.8, 4) is 5.75 Å². The first-order chi connectivity index (χ1) is 7.29. The summed E-state index contributed by atoms with van der Waals surface area (Å²) in [5, 5.41) is 9.15. The standard InChI is InChI=1S/C11H14ClNO2/c12-10-6-8(7-13-14)4-5-11(10)15-9-2-1-3-9/h4-6,9,13-14H,1-3,7H2. The Morgan fingerprint density at radius 1 is 1.47 bits per heavy atom. The summed E-state index contributed by atoms with van der Waals surface area (Å²) in [7, 11) is 0. The zero-order valence-corrected chi connectivity index (χ0v) is 9.13. The molecule has 0 radical (unpaired) electrons. The molecule has 0 bridgehead atoms. The van der Waals surface area contributed by atoms with E-state index in [4.69, 9.17) is 21.5 Å². The van der Waals surface area contributed by atoms with Gasteiger partial charge in [0.1, 0.15) is 5.75 Å². The van der Waals surface area contributed by atoms with Gasteiger partial charge < -0.3 is 9.94 Å². The largest absolute Gasteiger partial charge is 0.489 e. The van der Waals surface area contributed by atoms with Crippen molar-refractivity contribution in [2.75, 3.05) is 0 Å². The van der Waals surface area contributed by atoms with Crippen LogP contribution in [-0.4, -0.2) is 11.3 Å². The lowest BCUT2D eigenvalue weighted by molar-refractivity contribution is 0.120. The molecule has 1 aromatic rings. The third-order valence-electron chi connectivity index (χ3n) is 2.63. The summed E-state index contributed by atoms with van der Waals surface area (Å²) in [5.41, 5.74) is 3.03. The van der Waals surface area contributed by atoms with Gasteiger partial charge in [0.2, 0.25) is 0 Å². The first-order valence-corrected chi connectivity index (χ1v) is 5.49. The fraction of sp³-hybridized carbons (Fsp3) is 0.455. The molecule has 0 heterocycles. The maximum atomic E-state index is 8.55. The predicted octanol–water partition coefficient (Wildman–Crippen LogP) is 2.75. The van der Waals surface area contributed by atoms with Gasteiger partial charge in [0.15, 0.2) is 0 Å². The Morgan fingerprint density at radius 2 is 2.27 bits per heavy atom. The zero-order chi connectivity index (χ0) is 10.7. The van der Waals surface area contributed by atoms with Gasteiger partial charge in [-0.15, -0.1) is 0 Å². The molecular weight excluding hydrogens is 214 g/mol. The number of nitrogens with one attached hydrogen (secondary N) is 1. The summed E-state index contributed by atoms with van der Waals surface area (Å²) in [6, 6.07) is 5.55. The summed E-state index contributed by atoms with van der Waals surface area (Å²) in [6.07, 6.45) is 3.82. The van der Waals surface area contributed by atoms with Gasteiger partial charge in [0.05, 0.1) is 11.1 Å². The van der Waals surface area contributed by atoms with Crippen LogP contribution in [0.15, 0.2) is 18.2 Å². The van der Waals surface area contributed by atoms with E-state index in [2.05, 4.69) is 5.48 Å². The van der Waals surface area contributed by atoms with Gasteiger partial charge in [-0.25, -0.2) is 5.48 Å². The zero-order valence-electron chi connectivity index (χ0n) is 8.37. The number of rotatable bonds is 4. The second-order valence-electron chi connectivity index (χ2n) is 3.77. The third-order valence-corrected chi connectivity index (χ3v) is 2.92. The van der Waals surface area contributed by atoms with E-state index in [0.29, 0.717) is 17.7 Å². The molecule has 0 spiro atoms. The first-order valence-electron chi connectivity index (χ1n) is 5.11. The van der Waals surface area contributed by atoms with Gasteiger partial charge in [-0.05, 0) is 37.0 Å². The van der Waals surface area contributed by atoms with Crippen molar-refractivity contribution in [2.24, 2.45) is 0 Å². The number of benzene rings is 1. The van der Waals surface area contributed by atoms with Crippen LogP contribution in [0.1, 0.15) is 24.8 Å². The van der Waals surface area contributed by atoms with Crippen molar-refractivity contribution >= 4 is 11.6 Å². The predicted molar refractivity (Wildman–Crippen MR) is 58.3 cm³/mol. The molecule has 1 saturated carbocycles. The molecule has 0 amide bonds. The third kappa shape index (κ3) is 2.62. The van der Waals surface area contributed by atoms with Crippen LogP contribution in [0.3, 0.4) is 0 Å². The molecule has 1 fully saturated rings. The second-order valence-corrected chi connectivity index (χ2v) is 4.18. The summed E-state index contributed by atoms with van der Waals surface area (Å²) in [5.74, 6) is 0.739. The van der Waals surface area contributed by atoms with Crippen LogP contribution in [0.25, 0.3) is 0 Å². The molecule has 2 N–H and O–H groups in total. The Kier molecular flexibility index (Phi) is 3.46. The topological polar surface area (TPSA) is 41.5 Å².